The molecule has 0 aromatic carbocycles. The van der Waals surface area contributed by atoms with Crippen molar-refractivity contribution in [1.82, 2.24) is 0 Å². The summed E-state index contributed by atoms with van der Waals surface area (Å²) in [5.41, 5.74) is 2.64. The summed E-state index contributed by atoms with van der Waals surface area (Å²) in [6.45, 7) is 2.45. The Hall–Kier alpha value is -0.560. The van der Waals surface area contributed by atoms with Crippen LogP contribution in [0.2, 0.25) is 0 Å². The van der Waals surface area contributed by atoms with Crippen molar-refractivity contribution in [2.24, 2.45) is 0 Å². The Morgan fingerprint density at radius 1 is 1.50 bits per heavy atom. The van der Waals surface area contributed by atoms with E-state index in [1.807, 2.05) is 0 Å². The number of aliphatic hydroxyl groups excluding tert-OH is 1. The lowest BCUT2D eigenvalue weighted by Gasteiger charge is -2.13. The average molecular weight is 166 g/mol. The minimum Gasteiger partial charge on any atom is -0.392 e. The standard InChI is InChI=1S/C11H18O/c1-2-3-6-10-7-4-5-8-11(10)9-12/h4,7,12H,2-3,5-6,8-9H2,1H3. The molecule has 0 amide bonds. The Morgan fingerprint density at radius 2 is 2.33 bits per heavy atom. The van der Waals surface area contributed by atoms with Gasteiger partial charge in [-0.3, -0.25) is 0 Å². The van der Waals surface area contributed by atoms with Crippen LogP contribution in [0.15, 0.2) is 23.3 Å². The molecule has 0 atom stereocenters. The van der Waals surface area contributed by atoms with E-state index in [9.17, 15) is 0 Å². The molecule has 0 saturated carbocycles. The maximum Gasteiger partial charge on any atom is 0.0647 e. The first-order chi connectivity index (χ1) is 5.88. The van der Waals surface area contributed by atoms with Gasteiger partial charge in [-0.15, -0.1) is 0 Å². The molecule has 0 aromatic rings. The van der Waals surface area contributed by atoms with Crippen molar-refractivity contribution < 1.29 is 5.11 Å². The second-order valence-corrected chi connectivity index (χ2v) is 3.33. The first-order valence-corrected chi connectivity index (χ1v) is 4.86. The van der Waals surface area contributed by atoms with Crippen LogP contribution in [0.5, 0.6) is 0 Å². The van der Waals surface area contributed by atoms with Gasteiger partial charge in [-0.1, -0.05) is 25.5 Å². The highest BCUT2D eigenvalue weighted by molar-refractivity contribution is 5.29. The number of hydrogen-bond donors (Lipinski definition) is 1. The fourth-order valence-electron chi connectivity index (χ4n) is 1.57. The van der Waals surface area contributed by atoms with Gasteiger partial charge in [0, 0.05) is 0 Å². The third-order valence-electron chi connectivity index (χ3n) is 2.38. The predicted molar refractivity (Wildman–Crippen MR) is 52.0 cm³/mol. The Balaban J connectivity index is 2.55. The van der Waals surface area contributed by atoms with Crippen molar-refractivity contribution in [2.75, 3.05) is 6.61 Å². The van der Waals surface area contributed by atoms with E-state index in [1.54, 1.807) is 0 Å². The van der Waals surface area contributed by atoms with Gasteiger partial charge < -0.3 is 5.11 Å². The molecule has 0 heterocycles. The van der Waals surface area contributed by atoms with Gasteiger partial charge in [0.15, 0.2) is 0 Å². The first-order valence-electron chi connectivity index (χ1n) is 4.86. The average Bonchev–Trinajstić information content (AvgIpc) is 2.15. The Bertz CT molecular complexity index is 189. The Kier molecular flexibility index (Phi) is 4.09. The molecule has 0 bridgehead atoms. The first kappa shape index (κ1) is 9.53. The Morgan fingerprint density at radius 3 is 3.00 bits per heavy atom. The highest BCUT2D eigenvalue weighted by atomic mass is 16.3. The van der Waals surface area contributed by atoms with Gasteiger partial charge in [0.2, 0.25) is 0 Å². The fourth-order valence-corrected chi connectivity index (χ4v) is 1.57. The van der Waals surface area contributed by atoms with Gasteiger partial charge in [0.05, 0.1) is 6.61 Å². The van der Waals surface area contributed by atoms with Gasteiger partial charge in [-0.2, -0.15) is 0 Å². The zero-order valence-corrected chi connectivity index (χ0v) is 7.84. The molecule has 0 unspecified atom stereocenters. The molecule has 0 aliphatic heterocycles. The quantitative estimate of drug-likeness (QED) is 0.681. The Labute approximate surface area is 74.8 Å². The normalized spacial score (nSPS) is 17.2. The molecular weight excluding hydrogens is 148 g/mol. The topological polar surface area (TPSA) is 20.2 Å². The lowest BCUT2D eigenvalue weighted by molar-refractivity contribution is 0.324. The predicted octanol–water partition coefficient (Wildman–Crippen LogP) is 2.82. The summed E-state index contributed by atoms with van der Waals surface area (Å²) in [7, 11) is 0. The molecule has 1 heteroatoms. The van der Waals surface area contributed by atoms with Crippen molar-refractivity contribution in [1.29, 1.82) is 0 Å². The van der Waals surface area contributed by atoms with Gasteiger partial charge in [0.1, 0.15) is 0 Å². The van der Waals surface area contributed by atoms with Gasteiger partial charge >= 0.3 is 0 Å². The molecule has 1 N–H and O–H groups in total. The molecule has 1 aliphatic carbocycles. The minimum absolute atomic E-state index is 0.253. The highest BCUT2D eigenvalue weighted by Crippen LogP contribution is 2.22. The summed E-state index contributed by atoms with van der Waals surface area (Å²) in [5.74, 6) is 0. The van der Waals surface area contributed by atoms with E-state index in [2.05, 4.69) is 19.1 Å². The van der Waals surface area contributed by atoms with Crippen molar-refractivity contribution >= 4 is 0 Å². The van der Waals surface area contributed by atoms with Crippen molar-refractivity contribution in [2.45, 2.75) is 39.0 Å². The third-order valence-corrected chi connectivity index (χ3v) is 2.38. The van der Waals surface area contributed by atoms with Crippen LogP contribution in [0, 0.1) is 0 Å². The van der Waals surface area contributed by atoms with Crippen LogP contribution < -0.4 is 0 Å². The monoisotopic (exact) mass is 166 g/mol. The van der Waals surface area contributed by atoms with Crippen LogP contribution >= 0.6 is 0 Å². The SMILES string of the molecule is CCCCC1=C(CO)CCC=C1. The largest absolute Gasteiger partial charge is 0.392 e. The van der Waals surface area contributed by atoms with E-state index >= 15 is 0 Å². The number of rotatable bonds is 4. The van der Waals surface area contributed by atoms with Crippen LogP contribution in [0.1, 0.15) is 39.0 Å². The molecular formula is C11H18O. The van der Waals surface area contributed by atoms with E-state index in [-0.39, 0.29) is 6.61 Å². The smallest absolute Gasteiger partial charge is 0.0647 e. The molecule has 1 aliphatic rings. The maximum absolute atomic E-state index is 9.07. The van der Waals surface area contributed by atoms with Crippen LogP contribution in [0.4, 0.5) is 0 Å². The second kappa shape index (κ2) is 5.15. The van der Waals surface area contributed by atoms with Crippen LogP contribution in [-0.4, -0.2) is 11.7 Å². The summed E-state index contributed by atoms with van der Waals surface area (Å²) in [5, 5.41) is 9.07. The number of aliphatic hydroxyl groups is 1. The van der Waals surface area contributed by atoms with Crippen molar-refractivity contribution in [3.8, 4) is 0 Å². The van der Waals surface area contributed by atoms with Crippen LogP contribution in [-0.2, 0) is 0 Å². The molecule has 0 saturated heterocycles. The third kappa shape index (κ3) is 2.49. The van der Waals surface area contributed by atoms with E-state index in [1.165, 1.54) is 24.0 Å². The summed E-state index contributed by atoms with van der Waals surface area (Å²) >= 11 is 0. The van der Waals surface area contributed by atoms with E-state index in [0.29, 0.717) is 0 Å². The minimum atomic E-state index is 0.253. The molecule has 0 spiro atoms. The zero-order chi connectivity index (χ0) is 8.81. The van der Waals surface area contributed by atoms with Crippen molar-refractivity contribution in [3.05, 3.63) is 23.3 Å². The molecule has 1 nitrogen and oxygen atoms in total. The highest BCUT2D eigenvalue weighted by Gasteiger charge is 2.06. The maximum atomic E-state index is 9.07. The second-order valence-electron chi connectivity index (χ2n) is 3.33. The lowest BCUT2D eigenvalue weighted by atomic mass is 9.94. The molecule has 1 rings (SSSR count). The molecule has 0 aromatic heterocycles. The van der Waals surface area contributed by atoms with Gasteiger partial charge in [-0.25, -0.2) is 0 Å². The van der Waals surface area contributed by atoms with Crippen LogP contribution in [0.3, 0.4) is 0 Å². The molecule has 68 valence electrons. The molecule has 12 heavy (non-hydrogen) atoms. The van der Waals surface area contributed by atoms with Gasteiger partial charge in [0.25, 0.3) is 0 Å². The summed E-state index contributed by atoms with van der Waals surface area (Å²) in [4.78, 5) is 0. The number of unbranched alkanes of at least 4 members (excludes halogenated alkanes) is 1. The summed E-state index contributed by atoms with van der Waals surface area (Å²) in [6.07, 6.45) is 10.2. The number of hydrogen-bond acceptors (Lipinski definition) is 1. The molecule has 0 radical (unpaired) electrons. The lowest BCUT2D eigenvalue weighted by Crippen LogP contribution is -1.99. The van der Waals surface area contributed by atoms with Crippen LogP contribution in [0.25, 0.3) is 0 Å². The summed E-state index contributed by atoms with van der Waals surface area (Å²) in [6, 6.07) is 0. The van der Waals surface area contributed by atoms with E-state index < -0.39 is 0 Å². The van der Waals surface area contributed by atoms with Crippen molar-refractivity contribution in [3.63, 3.8) is 0 Å². The summed E-state index contributed by atoms with van der Waals surface area (Å²) < 4.78 is 0. The van der Waals surface area contributed by atoms with E-state index in [4.69, 9.17) is 5.11 Å². The van der Waals surface area contributed by atoms with E-state index in [0.717, 1.165) is 19.3 Å². The fraction of sp³-hybridized carbons (Fsp3) is 0.636. The molecule has 0 fully saturated rings. The zero-order valence-electron chi connectivity index (χ0n) is 7.84. The number of allylic oxidation sites excluding steroid dienone is 3. The van der Waals surface area contributed by atoms with Gasteiger partial charge in [-0.05, 0) is 36.8 Å².